The first-order valence-electron chi connectivity index (χ1n) is 6.80. The van der Waals surface area contributed by atoms with Gasteiger partial charge in [0.1, 0.15) is 0 Å². The lowest BCUT2D eigenvalue weighted by Gasteiger charge is -2.48. The molecule has 1 N–H and O–H groups in total. The van der Waals surface area contributed by atoms with E-state index < -0.39 is 6.10 Å². The smallest absolute Gasteiger partial charge is 0.255 e. The monoisotopic (exact) mass is 267 g/mol. The molecule has 1 aliphatic heterocycles. The van der Waals surface area contributed by atoms with Gasteiger partial charge in [0.25, 0.3) is 5.91 Å². The van der Waals surface area contributed by atoms with Gasteiger partial charge in [0.15, 0.2) is 6.10 Å². The van der Waals surface area contributed by atoms with Crippen molar-refractivity contribution in [3.8, 4) is 0 Å². The Kier molecular flexibility index (Phi) is 3.28. The van der Waals surface area contributed by atoms with E-state index in [4.69, 9.17) is 0 Å². The van der Waals surface area contributed by atoms with Crippen LogP contribution >= 0.6 is 0 Å². The third-order valence-corrected chi connectivity index (χ3v) is 3.95. The van der Waals surface area contributed by atoms with E-state index in [9.17, 15) is 9.90 Å². The molecule has 0 radical (unpaired) electrons. The van der Waals surface area contributed by atoms with Crippen LogP contribution in [0.1, 0.15) is 30.1 Å². The molecule has 3 heteroatoms. The lowest BCUT2D eigenvalue weighted by molar-refractivity contribution is -0.172. The first-order valence-corrected chi connectivity index (χ1v) is 6.80. The maximum atomic E-state index is 12.0. The zero-order valence-electron chi connectivity index (χ0n) is 11.3. The lowest BCUT2D eigenvalue weighted by Crippen LogP contribution is -2.59. The SMILES string of the molecule is C[C@@H](c1ccccc1)N1C(=O)[C@H](O)[C@@H]1c1ccccc1. The number of aliphatic hydroxyl groups is 1. The number of carbonyl (C=O) groups excluding carboxylic acids is 1. The van der Waals surface area contributed by atoms with Gasteiger partial charge in [-0.2, -0.15) is 0 Å². The number of amides is 1. The molecule has 0 aliphatic carbocycles. The fraction of sp³-hybridized carbons (Fsp3) is 0.235. The number of rotatable bonds is 3. The Morgan fingerprint density at radius 2 is 1.55 bits per heavy atom. The second kappa shape index (κ2) is 5.10. The average Bonchev–Trinajstić information content (AvgIpc) is 2.52. The van der Waals surface area contributed by atoms with E-state index >= 15 is 0 Å². The van der Waals surface area contributed by atoms with E-state index in [2.05, 4.69) is 0 Å². The van der Waals surface area contributed by atoms with Gasteiger partial charge in [-0.25, -0.2) is 0 Å². The quantitative estimate of drug-likeness (QED) is 0.869. The summed E-state index contributed by atoms with van der Waals surface area (Å²) in [6, 6.07) is 19.3. The highest BCUT2D eigenvalue weighted by Crippen LogP contribution is 2.41. The molecule has 0 aromatic heterocycles. The Morgan fingerprint density at radius 1 is 1.00 bits per heavy atom. The highest BCUT2D eigenvalue weighted by atomic mass is 16.3. The summed E-state index contributed by atoms with van der Waals surface area (Å²) in [5.74, 6) is -0.199. The van der Waals surface area contributed by atoms with Gasteiger partial charge >= 0.3 is 0 Å². The molecule has 0 spiro atoms. The summed E-state index contributed by atoms with van der Waals surface area (Å²) in [7, 11) is 0. The second-order valence-corrected chi connectivity index (χ2v) is 5.13. The second-order valence-electron chi connectivity index (χ2n) is 5.13. The molecule has 1 amide bonds. The molecule has 2 aromatic rings. The first kappa shape index (κ1) is 12.9. The molecule has 102 valence electrons. The van der Waals surface area contributed by atoms with Crippen LogP contribution in [0.2, 0.25) is 0 Å². The van der Waals surface area contributed by atoms with Crippen molar-refractivity contribution in [2.45, 2.75) is 25.1 Å². The largest absolute Gasteiger partial charge is 0.381 e. The van der Waals surface area contributed by atoms with Crippen molar-refractivity contribution in [1.82, 2.24) is 4.90 Å². The number of hydrogen-bond donors (Lipinski definition) is 1. The fourth-order valence-electron chi connectivity index (χ4n) is 2.81. The van der Waals surface area contributed by atoms with Crippen molar-refractivity contribution in [3.05, 3.63) is 71.8 Å². The maximum absolute atomic E-state index is 12.0. The predicted octanol–water partition coefficient (Wildman–Crippen LogP) is 2.69. The summed E-state index contributed by atoms with van der Waals surface area (Å²) in [6.45, 7) is 2.00. The van der Waals surface area contributed by atoms with E-state index in [1.807, 2.05) is 67.6 Å². The van der Waals surface area contributed by atoms with E-state index in [0.717, 1.165) is 11.1 Å². The third-order valence-electron chi connectivity index (χ3n) is 3.95. The van der Waals surface area contributed by atoms with Gasteiger partial charge in [0, 0.05) is 0 Å². The molecular formula is C17H17NO2. The zero-order chi connectivity index (χ0) is 14.1. The first-order chi connectivity index (χ1) is 9.70. The lowest BCUT2D eigenvalue weighted by atomic mass is 9.87. The Bertz CT molecular complexity index is 597. The highest BCUT2D eigenvalue weighted by molar-refractivity contribution is 5.89. The van der Waals surface area contributed by atoms with E-state index in [1.165, 1.54) is 0 Å². The number of nitrogens with zero attached hydrogens (tertiary/aromatic N) is 1. The van der Waals surface area contributed by atoms with Crippen LogP contribution in [0.4, 0.5) is 0 Å². The van der Waals surface area contributed by atoms with Gasteiger partial charge in [-0.05, 0) is 18.1 Å². The third kappa shape index (κ3) is 2.00. The Hall–Kier alpha value is -2.13. The summed E-state index contributed by atoms with van der Waals surface area (Å²) in [4.78, 5) is 13.8. The molecular weight excluding hydrogens is 250 g/mol. The van der Waals surface area contributed by atoms with Crippen LogP contribution in [-0.4, -0.2) is 22.0 Å². The molecule has 2 aromatic carbocycles. The molecule has 0 unspecified atom stereocenters. The van der Waals surface area contributed by atoms with Gasteiger partial charge in [-0.1, -0.05) is 60.7 Å². The van der Waals surface area contributed by atoms with Crippen LogP contribution in [-0.2, 0) is 4.79 Å². The number of carbonyl (C=O) groups is 1. The molecule has 1 saturated heterocycles. The maximum Gasteiger partial charge on any atom is 0.255 e. The number of benzene rings is 2. The van der Waals surface area contributed by atoms with Crippen LogP contribution in [0.3, 0.4) is 0 Å². The van der Waals surface area contributed by atoms with Crippen molar-refractivity contribution in [2.24, 2.45) is 0 Å². The van der Waals surface area contributed by atoms with Crippen LogP contribution in [0, 0.1) is 0 Å². The summed E-state index contributed by atoms with van der Waals surface area (Å²) in [5, 5.41) is 10.0. The highest BCUT2D eigenvalue weighted by Gasteiger charge is 2.49. The van der Waals surface area contributed by atoms with Gasteiger partial charge in [0.2, 0.25) is 0 Å². The van der Waals surface area contributed by atoms with Gasteiger partial charge < -0.3 is 10.0 Å². The Balaban J connectivity index is 1.90. The molecule has 1 heterocycles. The molecule has 3 rings (SSSR count). The number of aliphatic hydroxyl groups excluding tert-OH is 1. The van der Waals surface area contributed by atoms with Crippen molar-refractivity contribution in [1.29, 1.82) is 0 Å². The van der Waals surface area contributed by atoms with Crippen molar-refractivity contribution in [2.75, 3.05) is 0 Å². The van der Waals surface area contributed by atoms with Crippen molar-refractivity contribution in [3.63, 3.8) is 0 Å². The van der Waals surface area contributed by atoms with Crippen molar-refractivity contribution < 1.29 is 9.90 Å². The summed E-state index contributed by atoms with van der Waals surface area (Å²) in [6.07, 6.45) is -0.927. The predicted molar refractivity (Wildman–Crippen MR) is 76.9 cm³/mol. The van der Waals surface area contributed by atoms with Gasteiger partial charge in [-0.3, -0.25) is 4.79 Å². The van der Waals surface area contributed by atoms with Crippen LogP contribution in [0.25, 0.3) is 0 Å². The zero-order valence-corrected chi connectivity index (χ0v) is 11.3. The van der Waals surface area contributed by atoms with E-state index in [0.29, 0.717) is 0 Å². The number of likely N-dealkylation sites (tertiary alicyclic amines) is 1. The summed E-state index contributed by atoms with van der Waals surface area (Å²) in [5.41, 5.74) is 2.05. The minimum atomic E-state index is -0.927. The number of hydrogen-bond acceptors (Lipinski definition) is 2. The van der Waals surface area contributed by atoms with Crippen LogP contribution < -0.4 is 0 Å². The average molecular weight is 267 g/mol. The molecule has 1 fully saturated rings. The Labute approximate surface area is 118 Å². The van der Waals surface area contributed by atoms with E-state index in [1.54, 1.807) is 4.90 Å². The molecule has 3 nitrogen and oxygen atoms in total. The topological polar surface area (TPSA) is 40.5 Å². The van der Waals surface area contributed by atoms with Gasteiger partial charge in [-0.15, -0.1) is 0 Å². The minimum Gasteiger partial charge on any atom is -0.381 e. The molecule has 0 saturated carbocycles. The number of β-lactam (4-membered cyclic amide) rings is 1. The van der Waals surface area contributed by atoms with E-state index in [-0.39, 0.29) is 18.0 Å². The van der Waals surface area contributed by atoms with Gasteiger partial charge in [0.05, 0.1) is 12.1 Å². The Morgan fingerprint density at radius 3 is 2.15 bits per heavy atom. The molecule has 3 atom stereocenters. The molecule has 20 heavy (non-hydrogen) atoms. The molecule has 1 aliphatic rings. The van der Waals surface area contributed by atoms with Crippen LogP contribution in [0.15, 0.2) is 60.7 Å². The summed E-state index contributed by atoms with van der Waals surface area (Å²) >= 11 is 0. The van der Waals surface area contributed by atoms with Crippen molar-refractivity contribution >= 4 is 5.91 Å². The minimum absolute atomic E-state index is 0.0442. The fourth-order valence-corrected chi connectivity index (χ4v) is 2.81. The standard InChI is InChI=1S/C17H17NO2/c1-12(13-8-4-2-5-9-13)18-15(16(19)17(18)20)14-10-6-3-7-11-14/h2-12,15-16,19H,1H3/t12-,15-,16+/m0/s1. The molecule has 0 bridgehead atoms. The normalized spacial score (nSPS) is 23.3. The van der Waals surface area contributed by atoms with Crippen LogP contribution in [0.5, 0.6) is 0 Å². The summed E-state index contributed by atoms with van der Waals surface area (Å²) < 4.78 is 0.